The van der Waals surface area contributed by atoms with E-state index in [1.54, 1.807) is 0 Å². The molecule has 12 nitrogen and oxygen atoms in total. The summed E-state index contributed by atoms with van der Waals surface area (Å²) < 4.78 is 37.3. The van der Waals surface area contributed by atoms with Crippen LogP contribution in [-0.2, 0) is 52.3 Å². The monoisotopic (exact) mass is 537 g/mol. The first-order chi connectivity index (χ1) is 18.0. The van der Waals surface area contributed by atoms with Crippen LogP contribution in [0.4, 0.5) is 0 Å². The first kappa shape index (κ1) is 34.0. The Kier molecular flexibility index (Phi) is 16.3. The highest BCUT2D eigenvalue weighted by Crippen LogP contribution is 2.26. The lowest BCUT2D eigenvalue weighted by Crippen LogP contribution is -2.46. The summed E-state index contributed by atoms with van der Waals surface area (Å²) in [5.41, 5.74) is -2.50. The van der Waals surface area contributed by atoms with Crippen LogP contribution >= 0.6 is 0 Å². The molecule has 0 saturated carbocycles. The zero-order chi connectivity index (χ0) is 29.0. The van der Waals surface area contributed by atoms with E-state index in [9.17, 15) is 19.2 Å². The SMILES string of the molecule is C=CC(=N)OCC(COC)(COCC(COC(=O)C=C)(COC(=O)C=C)COC(=O)C=C)COC(=O)C=C. The van der Waals surface area contributed by atoms with E-state index in [1.807, 2.05) is 0 Å². The van der Waals surface area contributed by atoms with Crippen molar-refractivity contribution in [1.82, 2.24) is 0 Å². The highest BCUT2D eigenvalue weighted by Gasteiger charge is 2.39. The number of nitrogens with one attached hydrogen (secondary N) is 1. The number of esters is 4. The lowest BCUT2D eigenvalue weighted by Gasteiger charge is -2.35. The van der Waals surface area contributed by atoms with Crippen molar-refractivity contribution in [3.05, 3.63) is 63.3 Å². The van der Waals surface area contributed by atoms with Crippen molar-refractivity contribution in [2.45, 2.75) is 0 Å². The van der Waals surface area contributed by atoms with Gasteiger partial charge in [0.05, 0.1) is 30.7 Å². The first-order valence-corrected chi connectivity index (χ1v) is 11.1. The van der Waals surface area contributed by atoms with Crippen LogP contribution in [0.1, 0.15) is 0 Å². The Hall–Kier alpha value is -4.03. The molecule has 1 unspecified atom stereocenters. The molecule has 210 valence electrons. The van der Waals surface area contributed by atoms with E-state index in [-0.39, 0.29) is 38.9 Å². The quantitative estimate of drug-likeness (QED) is 0.0747. The molecule has 0 fully saturated rings. The molecule has 1 N–H and O–H groups in total. The molecule has 0 saturated heterocycles. The summed E-state index contributed by atoms with van der Waals surface area (Å²) >= 11 is 0. The molecule has 0 heterocycles. The number of carbonyl (C=O) groups is 4. The Balaban J connectivity index is 6.04. The fraction of sp³-hybridized carbons (Fsp3) is 0.423. The van der Waals surface area contributed by atoms with Crippen molar-refractivity contribution < 1.29 is 52.3 Å². The van der Waals surface area contributed by atoms with E-state index in [0.717, 1.165) is 24.3 Å². The van der Waals surface area contributed by atoms with Crippen LogP contribution in [0.15, 0.2) is 63.3 Å². The Morgan fingerprint density at radius 1 is 0.553 bits per heavy atom. The van der Waals surface area contributed by atoms with Crippen LogP contribution in [0.2, 0.25) is 0 Å². The van der Waals surface area contributed by atoms with Gasteiger partial charge >= 0.3 is 23.9 Å². The molecule has 0 bridgehead atoms. The third-order valence-corrected chi connectivity index (χ3v) is 4.74. The van der Waals surface area contributed by atoms with Gasteiger partial charge in [-0.2, -0.15) is 0 Å². The van der Waals surface area contributed by atoms with E-state index < -0.39 is 54.5 Å². The second-order valence-electron chi connectivity index (χ2n) is 8.03. The molecular weight excluding hydrogens is 502 g/mol. The maximum absolute atomic E-state index is 11.8. The molecule has 0 aliphatic heterocycles. The van der Waals surface area contributed by atoms with Crippen LogP contribution in [0.25, 0.3) is 0 Å². The summed E-state index contributed by atoms with van der Waals surface area (Å²) in [7, 11) is 1.41. The van der Waals surface area contributed by atoms with Gasteiger partial charge in [-0.15, -0.1) is 0 Å². The minimum absolute atomic E-state index is 0.0306. The Labute approximate surface area is 222 Å². The van der Waals surface area contributed by atoms with Gasteiger partial charge in [-0.3, -0.25) is 5.41 Å². The second kappa shape index (κ2) is 18.3. The molecular formula is C26H35NO11. The number of hydrogen-bond acceptors (Lipinski definition) is 12. The van der Waals surface area contributed by atoms with Gasteiger partial charge in [-0.25, -0.2) is 19.2 Å². The van der Waals surface area contributed by atoms with Gasteiger partial charge in [-0.05, 0) is 6.08 Å². The topological polar surface area (TPSA) is 157 Å². The van der Waals surface area contributed by atoms with Gasteiger partial charge in [-0.1, -0.05) is 32.9 Å². The fourth-order valence-electron chi connectivity index (χ4n) is 2.71. The normalized spacial score (nSPS) is 12.0. The zero-order valence-electron chi connectivity index (χ0n) is 21.6. The van der Waals surface area contributed by atoms with Gasteiger partial charge in [0.15, 0.2) is 0 Å². The van der Waals surface area contributed by atoms with Gasteiger partial charge in [0, 0.05) is 31.4 Å². The van der Waals surface area contributed by atoms with Crippen molar-refractivity contribution >= 4 is 29.8 Å². The van der Waals surface area contributed by atoms with E-state index in [4.69, 9.17) is 38.6 Å². The average molecular weight is 538 g/mol. The largest absolute Gasteiger partial charge is 0.477 e. The van der Waals surface area contributed by atoms with E-state index in [1.165, 1.54) is 13.2 Å². The second-order valence-corrected chi connectivity index (χ2v) is 8.03. The summed E-state index contributed by atoms with van der Waals surface area (Å²) in [5.74, 6) is -3.27. The third-order valence-electron chi connectivity index (χ3n) is 4.74. The molecule has 12 heteroatoms. The van der Waals surface area contributed by atoms with Crippen molar-refractivity contribution in [2.24, 2.45) is 10.8 Å². The number of ether oxygens (including phenoxy) is 7. The third kappa shape index (κ3) is 13.3. The van der Waals surface area contributed by atoms with Crippen LogP contribution in [0, 0.1) is 16.2 Å². The molecule has 0 aromatic heterocycles. The van der Waals surface area contributed by atoms with Crippen molar-refractivity contribution in [1.29, 1.82) is 5.41 Å². The fourth-order valence-corrected chi connectivity index (χ4v) is 2.71. The maximum Gasteiger partial charge on any atom is 0.330 e. The molecule has 0 aromatic carbocycles. The average Bonchev–Trinajstić information content (AvgIpc) is 2.94. The van der Waals surface area contributed by atoms with Crippen molar-refractivity contribution in [3.8, 4) is 0 Å². The van der Waals surface area contributed by atoms with Gasteiger partial charge in [0.2, 0.25) is 5.90 Å². The van der Waals surface area contributed by atoms with Crippen molar-refractivity contribution in [3.63, 3.8) is 0 Å². The molecule has 0 aliphatic carbocycles. The van der Waals surface area contributed by atoms with E-state index >= 15 is 0 Å². The van der Waals surface area contributed by atoms with Gasteiger partial charge in [0.25, 0.3) is 0 Å². The molecule has 0 radical (unpaired) electrons. The Morgan fingerprint density at radius 3 is 1.16 bits per heavy atom. The predicted octanol–water partition coefficient (Wildman–Crippen LogP) is 1.72. The van der Waals surface area contributed by atoms with Crippen LogP contribution in [-0.4, -0.2) is 89.7 Å². The van der Waals surface area contributed by atoms with E-state index in [2.05, 4.69) is 32.9 Å². The molecule has 0 rings (SSSR count). The van der Waals surface area contributed by atoms with Crippen LogP contribution in [0.3, 0.4) is 0 Å². The smallest absolute Gasteiger partial charge is 0.330 e. The minimum atomic E-state index is -1.37. The number of rotatable bonds is 21. The molecule has 38 heavy (non-hydrogen) atoms. The number of carbonyl (C=O) groups excluding carboxylic acids is 4. The summed E-state index contributed by atoms with van der Waals surface area (Å²) in [6.45, 7) is 14.7. The highest BCUT2D eigenvalue weighted by atomic mass is 16.6. The predicted molar refractivity (Wildman–Crippen MR) is 136 cm³/mol. The van der Waals surface area contributed by atoms with E-state index in [0.29, 0.717) is 0 Å². The van der Waals surface area contributed by atoms with Gasteiger partial charge < -0.3 is 33.2 Å². The summed E-state index contributed by atoms with van der Waals surface area (Å²) in [6.07, 6.45) is 4.95. The summed E-state index contributed by atoms with van der Waals surface area (Å²) in [4.78, 5) is 47.1. The number of hydrogen-bond donors (Lipinski definition) is 1. The zero-order valence-corrected chi connectivity index (χ0v) is 21.6. The first-order valence-electron chi connectivity index (χ1n) is 11.1. The van der Waals surface area contributed by atoms with Gasteiger partial charge in [0.1, 0.15) is 33.0 Å². The van der Waals surface area contributed by atoms with Crippen LogP contribution in [0.5, 0.6) is 0 Å². The highest BCUT2D eigenvalue weighted by molar-refractivity contribution is 5.84. The Bertz CT molecular complexity index is 810. The lowest BCUT2D eigenvalue weighted by atomic mass is 9.90. The maximum atomic E-state index is 11.8. The molecule has 0 aliphatic rings. The molecule has 1 atom stereocenters. The van der Waals surface area contributed by atoms with Crippen LogP contribution < -0.4 is 0 Å². The lowest BCUT2D eigenvalue weighted by molar-refractivity contribution is -0.165. The summed E-state index contributed by atoms with van der Waals surface area (Å²) in [6, 6.07) is 0. The number of methoxy groups -OCH3 is 1. The minimum Gasteiger partial charge on any atom is -0.477 e. The molecule has 0 spiro atoms. The molecule has 0 aromatic rings. The standard InChI is InChI=1S/C26H35NO11/c1-7-20(27)34-15-25(12-32-6,16-35-21(28)8-2)13-33-14-26(17-36-22(29)9-3,18-37-23(30)10-4)19-38-24(31)11-5/h7-11,27H,1-5,12-19H2,6H3. The summed E-state index contributed by atoms with van der Waals surface area (Å²) in [5, 5.41) is 7.70. The Morgan fingerprint density at radius 2 is 0.868 bits per heavy atom. The molecule has 0 amide bonds. The van der Waals surface area contributed by atoms with Crippen molar-refractivity contribution in [2.75, 3.05) is 60.0 Å².